The van der Waals surface area contributed by atoms with Crippen LogP contribution in [0.5, 0.6) is 0 Å². The summed E-state index contributed by atoms with van der Waals surface area (Å²) >= 11 is 0. The highest BCUT2D eigenvalue weighted by Crippen LogP contribution is 2.15. The van der Waals surface area contributed by atoms with Crippen LogP contribution in [0.2, 0.25) is 0 Å². The zero-order valence-corrected chi connectivity index (χ0v) is 9.30. The largest absolute Gasteiger partial charge is 0.378 e. The number of rotatable bonds is 7. The van der Waals surface area contributed by atoms with Crippen molar-refractivity contribution < 1.29 is 4.74 Å². The summed E-state index contributed by atoms with van der Waals surface area (Å²) < 4.78 is 5.53. The molecule has 0 bridgehead atoms. The van der Waals surface area contributed by atoms with Gasteiger partial charge in [0.05, 0.1) is 6.10 Å². The molecule has 0 saturated carbocycles. The molecular formula is C12H23NO. The van der Waals surface area contributed by atoms with Gasteiger partial charge in [-0.15, -0.1) is 0 Å². The van der Waals surface area contributed by atoms with Gasteiger partial charge in [-0.1, -0.05) is 19.1 Å². The normalized spacial score (nSPS) is 22.2. The van der Waals surface area contributed by atoms with Crippen LogP contribution in [0.3, 0.4) is 0 Å². The molecule has 1 N–H and O–H groups in total. The highest BCUT2D eigenvalue weighted by Gasteiger charge is 2.12. The fraction of sp³-hybridized carbons (Fsp3) is 0.833. The minimum atomic E-state index is 0.509. The lowest BCUT2D eigenvalue weighted by Crippen LogP contribution is -2.15. The summed E-state index contributed by atoms with van der Waals surface area (Å²) in [6.45, 7) is 5.41. The molecule has 1 aliphatic rings. The molecular weight excluding hydrogens is 174 g/mol. The number of hydrogen-bond donors (Lipinski definition) is 1. The number of hydrogen-bond acceptors (Lipinski definition) is 2. The smallest absolute Gasteiger partial charge is 0.0610 e. The molecule has 82 valence electrons. The summed E-state index contributed by atoms with van der Waals surface area (Å²) in [5.74, 6) is 0. The SMILES string of the molecule is CCCNCCC=CCC1CCCO1. The second-order valence-electron chi connectivity index (χ2n) is 3.88. The zero-order chi connectivity index (χ0) is 10.1. The second-order valence-corrected chi connectivity index (χ2v) is 3.88. The van der Waals surface area contributed by atoms with Gasteiger partial charge in [0, 0.05) is 6.61 Å². The van der Waals surface area contributed by atoms with Crippen molar-refractivity contribution in [2.45, 2.75) is 45.1 Å². The summed E-state index contributed by atoms with van der Waals surface area (Å²) in [7, 11) is 0. The van der Waals surface area contributed by atoms with Gasteiger partial charge in [0.15, 0.2) is 0 Å². The lowest BCUT2D eigenvalue weighted by Gasteiger charge is -2.04. The highest BCUT2D eigenvalue weighted by molar-refractivity contribution is 4.86. The standard InChI is InChI=1S/C12H23NO/c1-2-9-13-10-5-3-4-7-12-8-6-11-14-12/h3-4,12-13H,2,5-11H2,1H3. The van der Waals surface area contributed by atoms with Gasteiger partial charge in [-0.2, -0.15) is 0 Å². The van der Waals surface area contributed by atoms with Crippen LogP contribution < -0.4 is 5.32 Å². The Bertz CT molecular complexity index is 150. The van der Waals surface area contributed by atoms with Crippen molar-refractivity contribution in [3.05, 3.63) is 12.2 Å². The van der Waals surface area contributed by atoms with Crippen LogP contribution in [0.1, 0.15) is 39.0 Å². The van der Waals surface area contributed by atoms with E-state index in [2.05, 4.69) is 24.4 Å². The van der Waals surface area contributed by atoms with Gasteiger partial charge in [-0.3, -0.25) is 0 Å². The van der Waals surface area contributed by atoms with Crippen molar-refractivity contribution in [2.75, 3.05) is 19.7 Å². The van der Waals surface area contributed by atoms with Crippen molar-refractivity contribution in [3.63, 3.8) is 0 Å². The first kappa shape index (κ1) is 11.7. The maximum absolute atomic E-state index is 5.53. The number of ether oxygens (including phenoxy) is 1. The molecule has 0 aromatic heterocycles. The zero-order valence-electron chi connectivity index (χ0n) is 9.30. The molecule has 0 aromatic rings. The summed E-state index contributed by atoms with van der Waals surface area (Å²) in [6.07, 6.45) is 11.0. The van der Waals surface area contributed by atoms with E-state index in [1.54, 1.807) is 0 Å². The van der Waals surface area contributed by atoms with Gasteiger partial charge in [0.25, 0.3) is 0 Å². The molecule has 1 saturated heterocycles. The van der Waals surface area contributed by atoms with Gasteiger partial charge in [0.2, 0.25) is 0 Å². The van der Waals surface area contributed by atoms with E-state index in [0.717, 1.165) is 32.5 Å². The first-order valence-electron chi connectivity index (χ1n) is 5.90. The number of nitrogens with one attached hydrogen (secondary N) is 1. The third kappa shape index (κ3) is 5.40. The monoisotopic (exact) mass is 197 g/mol. The summed E-state index contributed by atoms with van der Waals surface area (Å²) in [5.41, 5.74) is 0. The van der Waals surface area contributed by atoms with Gasteiger partial charge in [-0.05, 0) is 45.2 Å². The van der Waals surface area contributed by atoms with E-state index in [1.165, 1.54) is 19.3 Å². The van der Waals surface area contributed by atoms with Crippen molar-refractivity contribution in [1.82, 2.24) is 5.32 Å². The van der Waals surface area contributed by atoms with Gasteiger partial charge in [-0.25, -0.2) is 0 Å². The maximum atomic E-state index is 5.53. The molecule has 1 atom stereocenters. The van der Waals surface area contributed by atoms with Crippen molar-refractivity contribution in [2.24, 2.45) is 0 Å². The second kappa shape index (κ2) is 8.01. The molecule has 1 fully saturated rings. The molecule has 2 heteroatoms. The minimum Gasteiger partial charge on any atom is -0.378 e. The topological polar surface area (TPSA) is 21.3 Å². The molecule has 1 heterocycles. The summed E-state index contributed by atoms with van der Waals surface area (Å²) in [5, 5.41) is 3.38. The molecule has 0 spiro atoms. The molecule has 1 rings (SSSR count). The Morgan fingerprint density at radius 1 is 1.36 bits per heavy atom. The predicted molar refractivity (Wildman–Crippen MR) is 60.5 cm³/mol. The van der Waals surface area contributed by atoms with Crippen molar-refractivity contribution >= 4 is 0 Å². The minimum absolute atomic E-state index is 0.509. The Morgan fingerprint density at radius 3 is 3.00 bits per heavy atom. The van der Waals surface area contributed by atoms with E-state index in [9.17, 15) is 0 Å². The Hall–Kier alpha value is -0.340. The molecule has 14 heavy (non-hydrogen) atoms. The lowest BCUT2D eigenvalue weighted by atomic mass is 10.1. The third-order valence-electron chi connectivity index (χ3n) is 2.50. The highest BCUT2D eigenvalue weighted by atomic mass is 16.5. The van der Waals surface area contributed by atoms with Crippen LogP contribution in [0.4, 0.5) is 0 Å². The Labute approximate surface area is 87.7 Å². The van der Waals surface area contributed by atoms with E-state index in [0.29, 0.717) is 6.10 Å². The average Bonchev–Trinajstić information content (AvgIpc) is 2.69. The summed E-state index contributed by atoms with van der Waals surface area (Å²) in [6, 6.07) is 0. The van der Waals surface area contributed by atoms with E-state index in [4.69, 9.17) is 4.74 Å². The molecule has 1 aliphatic heterocycles. The summed E-state index contributed by atoms with van der Waals surface area (Å²) in [4.78, 5) is 0. The molecule has 0 amide bonds. The van der Waals surface area contributed by atoms with Crippen LogP contribution in [0, 0.1) is 0 Å². The van der Waals surface area contributed by atoms with Crippen LogP contribution in [0.15, 0.2) is 12.2 Å². The fourth-order valence-electron chi connectivity index (χ4n) is 1.68. The molecule has 0 aromatic carbocycles. The van der Waals surface area contributed by atoms with Crippen molar-refractivity contribution in [3.8, 4) is 0 Å². The molecule has 0 aliphatic carbocycles. The lowest BCUT2D eigenvalue weighted by molar-refractivity contribution is 0.113. The molecule has 0 radical (unpaired) electrons. The fourth-order valence-corrected chi connectivity index (χ4v) is 1.68. The van der Waals surface area contributed by atoms with E-state index in [1.807, 2.05) is 0 Å². The maximum Gasteiger partial charge on any atom is 0.0610 e. The van der Waals surface area contributed by atoms with E-state index in [-0.39, 0.29) is 0 Å². The van der Waals surface area contributed by atoms with E-state index >= 15 is 0 Å². The van der Waals surface area contributed by atoms with Gasteiger partial charge < -0.3 is 10.1 Å². The first-order valence-corrected chi connectivity index (χ1v) is 5.90. The average molecular weight is 197 g/mol. The van der Waals surface area contributed by atoms with Crippen LogP contribution in [-0.4, -0.2) is 25.8 Å². The Morgan fingerprint density at radius 2 is 2.29 bits per heavy atom. The Balaban J connectivity index is 1.87. The van der Waals surface area contributed by atoms with E-state index < -0.39 is 0 Å². The van der Waals surface area contributed by atoms with Crippen LogP contribution in [0.25, 0.3) is 0 Å². The Kier molecular flexibility index (Phi) is 6.71. The molecule has 1 unspecified atom stereocenters. The third-order valence-corrected chi connectivity index (χ3v) is 2.50. The first-order chi connectivity index (χ1) is 6.93. The predicted octanol–water partition coefficient (Wildman–Crippen LogP) is 2.50. The van der Waals surface area contributed by atoms with Crippen LogP contribution in [-0.2, 0) is 4.74 Å². The quantitative estimate of drug-likeness (QED) is 0.500. The van der Waals surface area contributed by atoms with Crippen LogP contribution >= 0.6 is 0 Å². The van der Waals surface area contributed by atoms with Gasteiger partial charge in [0.1, 0.15) is 0 Å². The van der Waals surface area contributed by atoms with Gasteiger partial charge >= 0.3 is 0 Å². The van der Waals surface area contributed by atoms with Crippen molar-refractivity contribution in [1.29, 1.82) is 0 Å². The molecule has 2 nitrogen and oxygen atoms in total.